The highest BCUT2D eigenvalue weighted by atomic mass is 35.5. The predicted octanol–water partition coefficient (Wildman–Crippen LogP) is 3.65. The molecule has 3 nitrogen and oxygen atoms in total. The molecule has 1 heterocycles. The SMILES string of the molecule is Nc1cccc2c1CCCN2C(=O)c1ccc(Cl)cc1F. The maximum absolute atomic E-state index is 14.0. The molecular weight excluding hydrogens is 291 g/mol. The highest BCUT2D eigenvalue weighted by Gasteiger charge is 2.26. The van der Waals surface area contributed by atoms with E-state index in [4.69, 9.17) is 17.3 Å². The fourth-order valence-electron chi connectivity index (χ4n) is 2.67. The van der Waals surface area contributed by atoms with E-state index in [1.165, 1.54) is 12.1 Å². The number of nitrogen functional groups attached to an aromatic ring is 1. The quantitative estimate of drug-likeness (QED) is 0.817. The van der Waals surface area contributed by atoms with Gasteiger partial charge < -0.3 is 10.6 Å². The van der Waals surface area contributed by atoms with Crippen molar-refractivity contribution in [2.45, 2.75) is 12.8 Å². The number of anilines is 2. The summed E-state index contributed by atoms with van der Waals surface area (Å²) in [5, 5.41) is 0.271. The number of halogens is 2. The predicted molar refractivity (Wildman–Crippen MR) is 82.3 cm³/mol. The molecule has 0 radical (unpaired) electrons. The van der Waals surface area contributed by atoms with Crippen LogP contribution in [0.25, 0.3) is 0 Å². The minimum atomic E-state index is -0.608. The Hall–Kier alpha value is -2.07. The first-order valence-electron chi connectivity index (χ1n) is 6.72. The van der Waals surface area contributed by atoms with Crippen LogP contribution >= 0.6 is 11.6 Å². The highest BCUT2D eigenvalue weighted by molar-refractivity contribution is 6.30. The van der Waals surface area contributed by atoms with Crippen LogP contribution in [0.3, 0.4) is 0 Å². The van der Waals surface area contributed by atoms with E-state index in [-0.39, 0.29) is 16.5 Å². The van der Waals surface area contributed by atoms with Gasteiger partial charge in [0, 0.05) is 22.9 Å². The molecule has 2 N–H and O–H groups in total. The summed E-state index contributed by atoms with van der Waals surface area (Å²) in [7, 11) is 0. The standard InChI is InChI=1S/C16H14ClFN2O/c17-10-6-7-11(13(18)9-10)16(21)20-8-2-3-12-14(19)4-1-5-15(12)20/h1,4-7,9H,2-3,8,19H2. The summed E-state index contributed by atoms with van der Waals surface area (Å²) in [6.45, 7) is 0.553. The van der Waals surface area contributed by atoms with Gasteiger partial charge in [-0.1, -0.05) is 17.7 Å². The number of hydrogen-bond donors (Lipinski definition) is 1. The monoisotopic (exact) mass is 304 g/mol. The van der Waals surface area contributed by atoms with Crippen LogP contribution in [-0.2, 0) is 6.42 Å². The molecule has 2 aromatic carbocycles. The maximum atomic E-state index is 14.0. The lowest BCUT2D eigenvalue weighted by atomic mass is 9.99. The van der Waals surface area contributed by atoms with Crippen molar-refractivity contribution < 1.29 is 9.18 Å². The Labute approximate surface area is 127 Å². The van der Waals surface area contributed by atoms with Gasteiger partial charge in [-0.3, -0.25) is 4.79 Å². The summed E-state index contributed by atoms with van der Waals surface area (Å²) in [5.74, 6) is -0.973. The number of nitrogens with zero attached hydrogens (tertiary/aromatic N) is 1. The molecule has 1 aliphatic heterocycles. The summed E-state index contributed by atoms with van der Waals surface area (Å²) in [6.07, 6.45) is 1.64. The van der Waals surface area contributed by atoms with E-state index in [0.717, 1.165) is 30.2 Å². The zero-order valence-electron chi connectivity index (χ0n) is 11.3. The molecule has 0 bridgehead atoms. The fraction of sp³-hybridized carbons (Fsp3) is 0.188. The van der Waals surface area contributed by atoms with Crippen molar-refractivity contribution in [3.05, 3.63) is 58.4 Å². The van der Waals surface area contributed by atoms with Crippen LogP contribution in [0.4, 0.5) is 15.8 Å². The molecule has 21 heavy (non-hydrogen) atoms. The summed E-state index contributed by atoms with van der Waals surface area (Å²) < 4.78 is 14.0. The van der Waals surface area contributed by atoms with Crippen molar-refractivity contribution in [2.24, 2.45) is 0 Å². The van der Waals surface area contributed by atoms with Crippen LogP contribution in [-0.4, -0.2) is 12.5 Å². The van der Waals surface area contributed by atoms with Crippen LogP contribution in [0.15, 0.2) is 36.4 Å². The minimum Gasteiger partial charge on any atom is -0.398 e. The molecule has 0 atom stereocenters. The van der Waals surface area contributed by atoms with Gasteiger partial charge in [0.05, 0.1) is 5.56 Å². The molecule has 0 spiro atoms. The normalized spacial score (nSPS) is 13.9. The summed E-state index contributed by atoms with van der Waals surface area (Å²) in [6, 6.07) is 9.55. The summed E-state index contributed by atoms with van der Waals surface area (Å²) in [5.41, 5.74) is 8.37. The van der Waals surface area contributed by atoms with Gasteiger partial charge in [0.15, 0.2) is 0 Å². The van der Waals surface area contributed by atoms with Gasteiger partial charge >= 0.3 is 0 Å². The smallest absolute Gasteiger partial charge is 0.261 e. The molecule has 108 valence electrons. The Kier molecular flexibility index (Phi) is 3.55. The molecule has 2 aromatic rings. The van der Waals surface area contributed by atoms with Gasteiger partial charge in [0.25, 0.3) is 5.91 Å². The molecular formula is C16H14ClFN2O. The minimum absolute atomic E-state index is 0.0228. The first-order chi connectivity index (χ1) is 10.1. The van der Waals surface area contributed by atoms with Gasteiger partial charge in [-0.05, 0) is 48.7 Å². The van der Waals surface area contributed by atoms with Gasteiger partial charge in [0.2, 0.25) is 0 Å². The second kappa shape index (κ2) is 5.37. The molecule has 5 heteroatoms. The summed E-state index contributed by atoms with van der Waals surface area (Å²) >= 11 is 5.73. The Bertz CT molecular complexity index is 717. The maximum Gasteiger partial charge on any atom is 0.261 e. The molecule has 0 unspecified atom stereocenters. The first kappa shape index (κ1) is 13.9. The van der Waals surface area contributed by atoms with E-state index < -0.39 is 5.82 Å². The first-order valence-corrected chi connectivity index (χ1v) is 7.10. The average molecular weight is 305 g/mol. The number of rotatable bonds is 1. The number of hydrogen-bond acceptors (Lipinski definition) is 2. The lowest BCUT2D eigenvalue weighted by Crippen LogP contribution is -2.36. The van der Waals surface area contributed by atoms with Gasteiger partial charge in [-0.15, -0.1) is 0 Å². The van der Waals surface area contributed by atoms with E-state index in [2.05, 4.69) is 0 Å². The molecule has 0 aliphatic carbocycles. The van der Waals surface area contributed by atoms with Crippen molar-refractivity contribution in [2.75, 3.05) is 17.2 Å². The number of carbonyl (C=O) groups is 1. The Morgan fingerprint density at radius 3 is 2.86 bits per heavy atom. The van der Waals surface area contributed by atoms with Crippen LogP contribution in [0, 0.1) is 5.82 Å². The van der Waals surface area contributed by atoms with E-state index in [9.17, 15) is 9.18 Å². The zero-order chi connectivity index (χ0) is 15.0. The van der Waals surface area contributed by atoms with Crippen molar-refractivity contribution in [3.8, 4) is 0 Å². The summed E-state index contributed by atoms with van der Waals surface area (Å²) in [4.78, 5) is 14.2. The third-order valence-corrected chi connectivity index (χ3v) is 3.93. The van der Waals surface area contributed by atoms with E-state index in [1.54, 1.807) is 11.0 Å². The number of nitrogens with two attached hydrogens (primary N) is 1. The van der Waals surface area contributed by atoms with E-state index >= 15 is 0 Å². The van der Waals surface area contributed by atoms with Crippen molar-refractivity contribution >= 4 is 28.9 Å². The lowest BCUT2D eigenvalue weighted by Gasteiger charge is -2.30. The van der Waals surface area contributed by atoms with Gasteiger partial charge in [-0.2, -0.15) is 0 Å². The number of carbonyl (C=O) groups excluding carboxylic acids is 1. The Morgan fingerprint density at radius 2 is 2.10 bits per heavy atom. The molecule has 1 aliphatic rings. The average Bonchev–Trinajstić information content (AvgIpc) is 2.46. The van der Waals surface area contributed by atoms with E-state index in [0.29, 0.717) is 12.2 Å². The van der Waals surface area contributed by atoms with Crippen molar-refractivity contribution in [1.29, 1.82) is 0 Å². The Morgan fingerprint density at radius 1 is 1.29 bits per heavy atom. The van der Waals surface area contributed by atoms with Crippen molar-refractivity contribution in [1.82, 2.24) is 0 Å². The lowest BCUT2D eigenvalue weighted by molar-refractivity contribution is 0.0981. The fourth-order valence-corrected chi connectivity index (χ4v) is 2.83. The number of amides is 1. The zero-order valence-corrected chi connectivity index (χ0v) is 12.0. The molecule has 1 amide bonds. The number of benzene rings is 2. The van der Waals surface area contributed by atoms with Gasteiger partial charge in [-0.25, -0.2) is 4.39 Å². The molecule has 3 rings (SSSR count). The second-order valence-corrected chi connectivity index (χ2v) is 5.47. The van der Waals surface area contributed by atoms with Crippen LogP contribution in [0.5, 0.6) is 0 Å². The molecule has 0 saturated heterocycles. The number of fused-ring (bicyclic) bond motifs is 1. The third kappa shape index (κ3) is 2.47. The van der Waals surface area contributed by atoms with Crippen LogP contribution in [0.2, 0.25) is 5.02 Å². The van der Waals surface area contributed by atoms with Crippen LogP contribution in [0.1, 0.15) is 22.3 Å². The topological polar surface area (TPSA) is 46.3 Å². The second-order valence-electron chi connectivity index (χ2n) is 5.03. The van der Waals surface area contributed by atoms with E-state index in [1.807, 2.05) is 12.1 Å². The molecule has 0 fully saturated rings. The van der Waals surface area contributed by atoms with Crippen LogP contribution < -0.4 is 10.6 Å². The third-order valence-electron chi connectivity index (χ3n) is 3.69. The highest BCUT2D eigenvalue weighted by Crippen LogP contribution is 2.32. The molecule has 0 saturated carbocycles. The molecule has 0 aromatic heterocycles. The van der Waals surface area contributed by atoms with Crippen molar-refractivity contribution in [3.63, 3.8) is 0 Å². The van der Waals surface area contributed by atoms with Gasteiger partial charge in [0.1, 0.15) is 5.82 Å². The largest absolute Gasteiger partial charge is 0.398 e. The Balaban J connectivity index is 2.02.